The summed E-state index contributed by atoms with van der Waals surface area (Å²) in [6.07, 6.45) is 0. The van der Waals surface area contributed by atoms with Gasteiger partial charge in [-0.3, -0.25) is 0 Å². The molecular formula is C19H14F2N4. The Morgan fingerprint density at radius 3 is 2.52 bits per heavy atom. The molecule has 0 bridgehead atoms. The van der Waals surface area contributed by atoms with E-state index in [1.54, 1.807) is 0 Å². The van der Waals surface area contributed by atoms with Gasteiger partial charge in [-0.15, -0.1) is 0 Å². The number of halogens is 2. The van der Waals surface area contributed by atoms with Gasteiger partial charge in [0.1, 0.15) is 23.1 Å². The molecule has 0 amide bonds. The Morgan fingerprint density at radius 1 is 0.960 bits per heavy atom. The van der Waals surface area contributed by atoms with Crippen molar-refractivity contribution < 1.29 is 8.78 Å². The molecular weight excluding hydrogens is 322 g/mol. The summed E-state index contributed by atoms with van der Waals surface area (Å²) in [5, 5.41) is 3.69. The lowest BCUT2D eigenvalue weighted by molar-refractivity contribution is 0.586. The van der Waals surface area contributed by atoms with E-state index in [0.717, 1.165) is 22.7 Å². The molecule has 0 aliphatic carbocycles. The minimum Gasteiger partial charge on any atom is -0.343 e. The van der Waals surface area contributed by atoms with E-state index < -0.39 is 11.6 Å². The maximum atomic E-state index is 14.0. The molecule has 0 aliphatic heterocycles. The molecule has 2 N–H and O–H groups in total. The zero-order valence-electron chi connectivity index (χ0n) is 13.3. The molecule has 4 rings (SSSR count). The summed E-state index contributed by atoms with van der Waals surface area (Å²) in [6.45, 7) is 1.91. The number of aromatic nitrogens is 3. The van der Waals surface area contributed by atoms with Gasteiger partial charge < -0.3 is 10.3 Å². The van der Waals surface area contributed by atoms with Gasteiger partial charge in [0.05, 0.1) is 11.1 Å². The van der Waals surface area contributed by atoms with E-state index in [9.17, 15) is 8.78 Å². The first kappa shape index (κ1) is 15.3. The summed E-state index contributed by atoms with van der Waals surface area (Å²) in [5.41, 5.74) is 2.56. The molecule has 124 valence electrons. The highest BCUT2D eigenvalue weighted by atomic mass is 19.1. The van der Waals surface area contributed by atoms with Crippen molar-refractivity contribution in [2.45, 2.75) is 6.92 Å². The lowest BCUT2D eigenvalue weighted by Gasteiger charge is -2.10. The number of benzene rings is 2. The van der Waals surface area contributed by atoms with E-state index in [-0.39, 0.29) is 5.69 Å². The molecule has 2 aromatic carbocycles. The van der Waals surface area contributed by atoms with Gasteiger partial charge in [0.15, 0.2) is 5.82 Å². The summed E-state index contributed by atoms with van der Waals surface area (Å²) in [5.74, 6) is -0.336. The molecule has 25 heavy (non-hydrogen) atoms. The van der Waals surface area contributed by atoms with Gasteiger partial charge in [-0.1, -0.05) is 30.3 Å². The van der Waals surface area contributed by atoms with Crippen molar-refractivity contribution >= 4 is 22.5 Å². The van der Waals surface area contributed by atoms with Crippen LogP contribution in [0.15, 0.2) is 54.6 Å². The van der Waals surface area contributed by atoms with Crippen LogP contribution in [0.5, 0.6) is 0 Å². The summed E-state index contributed by atoms with van der Waals surface area (Å²) < 4.78 is 27.1. The Bertz CT molecular complexity index is 1060. The van der Waals surface area contributed by atoms with E-state index in [4.69, 9.17) is 0 Å². The molecule has 2 aromatic heterocycles. The van der Waals surface area contributed by atoms with Crippen LogP contribution in [0.2, 0.25) is 0 Å². The summed E-state index contributed by atoms with van der Waals surface area (Å²) in [6, 6.07) is 14.8. The number of anilines is 2. The summed E-state index contributed by atoms with van der Waals surface area (Å²) >= 11 is 0. The summed E-state index contributed by atoms with van der Waals surface area (Å²) in [4.78, 5) is 12.3. The van der Waals surface area contributed by atoms with E-state index in [2.05, 4.69) is 20.3 Å². The molecule has 4 nitrogen and oxygen atoms in total. The second-order valence-corrected chi connectivity index (χ2v) is 5.73. The largest absolute Gasteiger partial charge is 0.343 e. The molecule has 4 aromatic rings. The molecule has 0 saturated heterocycles. The minimum atomic E-state index is -0.680. The number of nitrogens with one attached hydrogen (secondary N) is 2. The first-order valence-corrected chi connectivity index (χ1v) is 7.75. The van der Waals surface area contributed by atoms with Gasteiger partial charge in [0.25, 0.3) is 0 Å². The molecule has 0 radical (unpaired) electrons. The number of hydrogen-bond donors (Lipinski definition) is 2. The normalized spacial score (nSPS) is 11.0. The predicted octanol–water partition coefficient (Wildman–Crippen LogP) is 4.96. The van der Waals surface area contributed by atoms with Gasteiger partial charge in [-0.25, -0.2) is 18.7 Å². The van der Waals surface area contributed by atoms with Crippen LogP contribution in [0.3, 0.4) is 0 Å². The average molecular weight is 336 g/mol. The van der Waals surface area contributed by atoms with Crippen molar-refractivity contribution in [3.8, 4) is 11.4 Å². The van der Waals surface area contributed by atoms with Crippen molar-refractivity contribution in [2.75, 3.05) is 5.32 Å². The first-order chi connectivity index (χ1) is 12.1. The predicted molar refractivity (Wildman–Crippen MR) is 93.7 cm³/mol. The molecule has 2 heterocycles. The van der Waals surface area contributed by atoms with Crippen molar-refractivity contribution in [1.82, 2.24) is 15.0 Å². The minimum absolute atomic E-state index is 0.152. The number of H-pyrrole nitrogens is 1. The molecule has 0 fully saturated rings. The van der Waals surface area contributed by atoms with Crippen LogP contribution in [0, 0.1) is 18.6 Å². The Balaban J connectivity index is 1.86. The highest BCUT2D eigenvalue weighted by molar-refractivity contribution is 5.91. The third-order valence-corrected chi connectivity index (χ3v) is 3.84. The van der Waals surface area contributed by atoms with Crippen molar-refractivity contribution in [3.05, 3.63) is 71.9 Å². The number of rotatable bonds is 3. The van der Waals surface area contributed by atoms with Crippen LogP contribution in [-0.2, 0) is 0 Å². The number of nitrogens with zero attached hydrogens (tertiary/aromatic N) is 2. The lowest BCUT2D eigenvalue weighted by Crippen LogP contribution is -2.00. The average Bonchev–Trinajstić information content (AvgIpc) is 2.98. The Kier molecular flexibility index (Phi) is 3.65. The molecule has 0 spiro atoms. The fourth-order valence-electron chi connectivity index (χ4n) is 2.67. The number of hydrogen-bond acceptors (Lipinski definition) is 3. The smallest absolute Gasteiger partial charge is 0.163 e. The third-order valence-electron chi connectivity index (χ3n) is 3.84. The molecule has 0 atom stereocenters. The zero-order chi connectivity index (χ0) is 17.4. The SMILES string of the molecule is Cc1cc2c(Nc3ccc(F)cc3F)nc(-c3ccccc3)nc2[nH]1. The molecule has 0 unspecified atom stereocenters. The zero-order valence-corrected chi connectivity index (χ0v) is 13.3. The monoisotopic (exact) mass is 336 g/mol. The van der Waals surface area contributed by atoms with Gasteiger partial charge in [0.2, 0.25) is 0 Å². The maximum Gasteiger partial charge on any atom is 0.163 e. The van der Waals surface area contributed by atoms with Crippen LogP contribution in [-0.4, -0.2) is 15.0 Å². The Morgan fingerprint density at radius 2 is 1.76 bits per heavy atom. The van der Waals surface area contributed by atoms with Gasteiger partial charge in [-0.05, 0) is 25.1 Å². The van der Waals surface area contributed by atoms with Crippen molar-refractivity contribution in [1.29, 1.82) is 0 Å². The first-order valence-electron chi connectivity index (χ1n) is 7.75. The number of fused-ring (bicyclic) bond motifs is 1. The van der Waals surface area contributed by atoms with E-state index in [0.29, 0.717) is 17.3 Å². The van der Waals surface area contributed by atoms with Gasteiger partial charge in [-0.2, -0.15) is 0 Å². The van der Waals surface area contributed by atoms with Crippen LogP contribution in [0.1, 0.15) is 5.69 Å². The van der Waals surface area contributed by atoms with Gasteiger partial charge in [0, 0.05) is 17.3 Å². The second-order valence-electron chi connectivity index (χ2n) is 5.73. The fraction of sp³-hybridized carbons (Fsp3) is 0.0526. The summed E-state index contributed by atoms with van der Waals surface area (Å²) in [7, 11) is 0. The van der Waals surface area contributed by atoms with Gasteiger partial charge >= 0.3 is 0 Å². The van der Waals surface area contributed by atoms with E-state index in [1.807, 2.05) is 43.3 Å². The number of aryl methyl sites for hydroxylation is 1. The molecule has 6 heteroatoms. The standard InChI is InChI=1S/C19H14F2N4/c1-11-9-14-18(22-11)24-17(12-5-3-2-4-6-12)25-19(14)23-16-8-7-13(20)10-15(16)21/h2-10H,1H3,(H2,22,23,24,25). The van der Waals surface area contributed by atoms with Crippen LogP contribution >= 0.6 is 0 Å². The number of aromatic amines is 1. The molecule has 0 saturated carbocycles. The van der Waals surface area contributed by atoms with Crippen LogP contribution in [0.25, 0.3) is 22.4 Å². The van der Waals surface area contributed by atoms with Crippen molar-refractivity contribution in [2.24, 2.45) is 0 Å². The van der Waals surface area contributed by atoms with E-state index >= 15 is 0 Å². The second kappa shape index (κ2) is 5.98. The van der Waals surface area contributed by atoms with Crippen LogP contribution < -0.4 is 5.32 Å². The Hall–Kier alpha value is -3.28. The third kappa shape index (κ3) is 2.94. The quantitative estimate of drug-likeness (QED) is 0.556. The van der Waals surface area contributed by atoms with Crippen LogP contribution in [0.4, 0.5) is 20.3 Å². The topological polar surface area (TPSA) is 53.6 Å². The Labute approximate surface area is 142 Å². The maximum absolute atomic E-state index is 14.0. The highest BCUT2D eigenvalue weighted by Gasteiger charge is 2.13. The van der Waals surface area contributed by atoms with Crippen molar-refractivity contribution in [3.63, 3.8) is 0 Å². The highest BCUT2D eigenvalue weighted by Crippen LogP contribution is 2.28. The fourth-order valence-corrected chi connectivity index (χ4v) is 2.67. The van der Waals surface area contributed by atoms with E-state index in [1.165, 1.54) is 12.1 Å². The molecule has 0 aliphatic rings. The lowest BCUT2D eigenvalue weighted by atomic mass is 10.2.